The van der Waals surface area contributed by atoms with E-state index in [1.807, 2.05) is 0 Å². The monoisotopic (exact) mass is 559 g/mol. The molecule has 0 unspecified atom stereocenters. The maximum Gasteiger partial charge on any atom is 0.244 e. The van der Waals surface area contributed by atoms with Gasteiger partial charge in [0, 0.05) is 33.2 Å². The molecule has 1 N–H and O–H groups in total. The minimum Gasteiger partial charge on any atom is -0.352 e. The van der Waals surface area contributed by atoms with Crippen molar-refractivity contribution in [2.45, 2.75) is 51.2 Å². The SMILES string of the molecule is C[C@H](C(=O)NC1CCCC1)N(Cc1c(Cl)cccc1Cl)C(=O)CN(c1ccc(Cl)cc1)S(C)(=O)=O. The van der Waals surface area contributed by atoms with Gasteiger partial charge < -0.3 is 10.2 Å². The summed E-state index contributed by atoms with van der Waals surface area (Å²) in [6.45, 7) is 1.04. The van der Waals surface area contributed by atoms with Gasteiger partial charge in [0.05, 0.1) is 11.9 Å². The Labute approximate surface area is 221 Å². The number of halogens is 3. The molecule has 190 valence electrons. The van der Waals surface area contributed by atoms with E-state index in [0.717, 1.165) is 36.2 Å². The zero-order valence-corrected chi connectivity index (χ0v) is 22.6. The number of amides is 2. The Bertz CT molecular complexity index is 1150. The molecule has 0 bridgehead atoms. The van der Waals surface area contributed by atoms with Crippen molar-refractivity contribution in [2.24, 2.45) is 0 Å². The van der Waals surface area contributed by atoms with Crippen LogP contribution in [-0.2, 0) is 26.2 Å². The van der Waals surface area contributed by atoms with Crippen LogP contribution in [0, 0.1) is 0 Å². The summed E-state index contributed by atoms with van der Waals surface area (Å²) in [6, 6.07) is 10.3. The Hall–Kier alpha value is -2.00. The van der Waals surface area contributed by atoms with E-state index in [1.165, 1.54) is 17.0 Å². The zero-order chi connectivity index (χ0) is 25.8. The maximum atomic E-state index is 13.6. The largest absolute Gasteiger partial charge is 0.352 e. The van der Waals surface area contributed by atoms with Crippen LogP contribution in [-0.4, -0.2) is 50.0 Å². The first kappa shape index (κ1) is 27.6. The van der Waals surface area contributed by atoms with Crippen molar-refractivity contribution in [3.63, 3.8) is 0 Å². The van der Waals surface area contributed by atoms with Gasteiger partial charge >= 0.3 is 0 Å². The van der Waals surface area contributed by atoms with Crippen LogP contribution in [0.5, 0.6) is 0 Å². The molecule has 0 radical (unpaired) electrons. The van der Waals surface area contributed by atoms with Crippen molar-refractivity contribution in [3.8, 4) is 0 Å². The molecule has 35 heavy (non-hydrogen) atoms. The summed E-state index contributed by atoms with van der Waals surface area (Å²) in [4.78, 5) is 28.0. The molecule has 2 amide bonds. The van der Waals surface area contributed by atoms with Crippen LogP contribution in [0.1, 0.15) is 38.2 Å². The van der Waals surface area contributed by atoms with Crippen LogP contribution in [0.4, 0.5) is 5.69 Å². The fraction of sp³-hybridized carbons (Fsp3) is 0.417. The standard InChI is InChI=1S/C24H28Cl3N3O4S/c1-16(24(32)28-18-6-3-4-7-18)29(14-20-21(26)8-5-9-22(20)27)23(31)15-30(35(2,33)34)19-12-10-17(25)11-13-19/h5,8-13,16,18H,3-4,6-7,14-15H2,1-2H3,(H,28,32)/t16-/m1/s1. The van der Waals surface area contributed by atoms with E-state index in [2.05, 4.69) is 5.32 Å². The van der Waals surface area contributed by atoms with E-state index in [0.29, 0.717) is 20.6 Å². The van der Waals surface area contributed by atoms with Gasteiger partial charge in [0.25, 0.3) is 0 Å². The first-order valence-electron chi connectivity index (χ1n) is 11.2. The van der Waals surface area contributed by atoms with Crippen LogP contribution >= 0.6 is 34.8 Å². The molecule has 1 aliphatic carbocycles. The smallest absolute Gasteiger partial charge is 0.244 e. The summed E-state index contributed by atoms with van der Waals surface area (Å²) in [5.41, 5.74) is 0.756. The van der Waals surface area contributed by atoms with Crippen LogP contribution in [0.2, 0.25) is 15.1 Å². The number of anilines is 1. The molecule has 0 saturated heterocycles. The minimum absolute atomic E-state index is 0.0607. The summed E-state index contributed by atoms with van der Waals surface area (Å²) < 4.78 is 26.1. The molecule has 1 fully saturated rings. The molecule has 1 aliphatic rings. The number of carbonyl (C=O) groups is 2. The second-order valence-electron chi connectivity index (χ2n) is 8.63. The lowest BCUT2D eigenvalue weighted by atomic mass is 10.1. The van der Waals surface area contributed by atoms with Gasteiger partial charge in [-0.1, -0.05) is 53.7 Å². The molecular formula is C24H28Cl3N3O4S. The molecule has 11 heteroatoms. The molecule has 3 rings (SSSR count). The molecule has 1 atom stereocenters. The minimum atomic E-state index is -3.82. The van der Waals surface area contributed by atoms with Crippen molar-refractivity contribution in [1.82, 2.24) is 10.2 Å². The number of rotatable bonds is 9. The number of hydrogen-bond donors (Lipinski definition) is 1. The molecule has 2 aromatic carbocycles. The summed E-state index contributed by atoms with van der Waals surface area (Å²) in [5, 5.41) is 4.12. The molecule has 1 saturated carbocycles. The molecule has 0 aromatic heterocycles. The number of nitrogens with one attached hydrogen (secondary N) is 1. The predicted molar refractivity (Wildman–Crippen MR) is 141 cm³/mol. The van der Waals surface area contributed by atoms with Crippen molar-refractivity contribution < 1.29 is 18.0 Å². The van der Waals surface area contributed by atoms with E-state index in [-0.39, 0.29) is 24.2 Å². The molecule has 0 spiro atoms. The number of carbonyl (C=O) groups excluding carboxylic acids is 2. The predicted octanol–water partition coefficient (Wildman–Crippen LogP) is 4.89. The third-order valence-corrected chi connectivity index (χ3v) is 8.15. The molecule has 0 aliphatic heterocycles. The van der Waals surface area contributed by atoms with Gasteiger partial charge in [0.2, 0.25) is 21.8 Å². The third kappa shape index (κ3) is 7.26. The van der Waals surface area contributed by atoms with Crippen LogP contribution < -0.4 is 9.62 Å². The highest BCUT2D eigenvalue weighted by atomic mass is 35.5. The van der Waals surface area contributed by atoms with Gasteiger partial charge in [0.15, 0.2) is 0 Å². The maximum absolute atomic E-state index is 13.6. The topological polar surface area (TPSA) is 86.8 Å². The van der Waals surface area contributed by atoms with Crippen molar-refractivity contribution in [3.05, 3.63) is 63.1 Å². The zero-order valence-electron chi connectivity index (χ0n) is 19.5. The second kappa shape index (κ2) is 11.8. The van der Waals surface area contributed by atoms with Crippen molar-refractivity contribution >= 4 is 62.3 Å². The quantitative estimate of drug-likeness (QED) is 0.473. The molecule has 2 aromatic rings. The Balaban J connectivity index is 1.91. The van der Waals surface area contributed by atoms with E-state index < -0.39 is 28.5 Å². The fourth-order valence-corrected chi connectivity index (χ4v) is 5.54. The highest BCUT2D eigenvalue weighted by Crippen LogP contribution is 2.28. The number of nitrogens with zero attached hydrogens (tertiary/aromatic N) is 2. The Morgan fingerprint density at radius 1 is 1.03 bits per heavy atom. The van der Waals surface area contributed by atoms with Crippen LogP contribution in [0.3, 0.4) is 0 Å². The number of benzene rings is 2. The van der Waals surface area contributed by atoms with Gasteiger partial charge in [0.1, 0.15) is 12.6 Å². The summed E-state index contributed by atoms with van der Waals surface area (Å²) >= 11 is 18.6. The summed E-state index contributed by atoms with van der Waals surface area (Å²) in [7, 11) is -3.82. The Morgan fingerprint density at radius 3 is 2.14 bits per heavy atom. The van der Waals surface area contributed by atoms with Gasteiger partial charge in [-0.25, -0.2) is 8.42 Å². The fourth-order valence-electron chi connectivity index (χ4n) is 4.05. The average Bonchev–Trinajstić information content (AvgIpc) is 3.30. The normalized spacial score (nSPS) is 15.0. The van der Waals surface area contributed by atoms with Gasteiger partial charge in [-0.05, 0) is 56.2 Å². The van der Waals surface area contributed by atoms with Gasteiger partial charge in [-0.15, -0.1) is 0 Å². The second-order valence-corrected chi connectivity index (χ2v) is 11.8. The average molecular weight is 561 g/mol. The first-order valence-corrected chi connectivity index (χ1v) is 14.2. The van der Waals surface area contributed by atoms with Crippen molar-refractivity contribution in [2.75, 3.05) is 17.1 Å². The highest BCUT2D eigenvalue weighted by molar-refractivity contribution is 7.92. The van der Waals surface area contributed by atoms with E-state index in [9.17, 15) is 18.0 Å². The molecule has 7 nitrogen and oxygen atoms in total. The first-order chi connectivity index (χ1) is 16.5. The van der Waals surface area contributed by atoms with E-state index >= 15 is 0 Å². The van der Waals surface area contributed by atoms with Crippen molar-refractivity contribution in [1.29, 1.82) is 0 Å². The molecular weight excluding hydrogens is 533 g/mol. The Kier molecular flexibility index (Phi) is 9.32. The number of hydrogen-bond acceptors (Lipinski definition) is 4. The van der Waals surface area contributed by atoms with Gasteiger partial charge in [-0.2, -0.15) is 0 Å². The Morgan fingerprint density at radius 2 is 1.60 bits per heavy atom. The van der Waals surface area contributed by atoms with E-state index in [4.69, 9.17) is 34.8 Å². The summed E-state index contributed by atoms with van der Waals surface area (Å²) in [5.74, 6) is -0.888. The highest BCUT2D eigenvalue weighted by Gasteiger charge is 2.32. The van der Waals surface area contributed by atoms with Gasteiger partial charge in [-0.3, -0.25) is 13.9 Å². The summed E-state index contributed by atoms with van der Waals surface area (Å²) in [6.07, 6.45) is 4.88. The van der Waals surface area contributed by atoms with Crippen LogP contribution in [0.15, 0.2) is 42.5 Å². The van der Waals surface area contributed by atoms with E-state index in [1.54, 1.807) is 37.3 Å². The van der Waals surface area contributed by atoms with Crippen LogP contribution in [0.25, 0.3) is 0 Å². The lowest BCUT2D eigenvalue weighted by Gasteiger charge is -2.32. The third-order valence-electron chi connectivity index (χ3n) is 6.05. The lowest BCUT2D eigenvalue weighted by Crippen LogP contribution is -2.52. The lowest BCUT2D eigenvalue weighted by molar-refractivity contribution is -0.139. The molecule has 0 heterocycles. The number of sulfonamides is 1.